The van der Waals surface area contributed by atoms with Gasteiger partial charge in [-0.2, -0.15) is 0 Å². The highest BCUT2D eigenvalue weighted by atomic mass is 35.5. The molecule has 3 rings (SSSR count). The Labute approximate surface area is 202 Å². The van der Waals surface area contributed by atoms with Gasteiger partial charge in [0, 0.05) is 41.8 Å². The van der Waals surface area contributed by atoms with Crippen LogP contribution in [0.25, 0.3) is 0 Å². The second kappa shape index (κ2) is 12.8. The Kier molecular flexibility index (Phi) is 9.76. The maximum atomic E-state index is 13.0. The molecule has 5 nitrogen and oxygen atoms in total. The Morgan fingerprint density at radius 2 is 1.82 bits per heavy atom. The van der Waals surface area contributed by atoms with Gasteiger partial charge >= 0.3 is 0 Å². The normalized spacial score (nSPS) is 15.3. The number of rotatable bonds is 5. The summed E-state index contributed by atoms with van der Waals surface area (Å²) < 4.78 is 0. The lowest BCUT2D eigenvalue weighted by molar-refractivity contribution is -0.121. The van der Waals surface area contributed by atoms with Crippen molar-refractivity contribution < 1.29 is 9.59 Å². The maximum Gasteiger partial charge on any atom is 0.251 e. The van der Waals surface area contributed by atoms with Crippen molar-refractivity contribution in [3.63, 3.8) is 0 Å². The van der Waals surface area contributed by atoms with Crippen LogP contribution in [0.15, 0.2) is 42.5 Å². The smallest absolute Gasteiger partial charge is 0.251 e. The zero-order valence-corrected chi connectivity index (χ0v) is 20.6. The molecule has 2 aromatic carbocycles. The third kappa shape index (κ3) is 7.31. The van der Waals surface area contributed by atoms with E-state index in [0.29, 0.717) is 36.6 Å². The monoisotopic (exact) mass is 469 g/mol. The summed E-state index contributed by atoms with van der Waals surface area (Å²) in [6.07, 6.45) is 6.34. The first-order chi connectivity index (χ1) is 16.0. The van der Waals surface area contributed by atoms with E-state index in [1.54, 1.807) is 0 Å². The quantitative estimate of drug-likeness (QED) is 0.620. The maximum absolute atomic E-state index is 13.0. The average molecular weight is 470 g/mol. The second-order valence-electron chi connectivity index (χ2n) is 9.03. The van der Waals surface area contributed by atoms with Gasteiger partial charge in [0.25, 0.3) is 5.91 Å². The average Bonchev–Trinajstić information content (AvgIpc) is 2.80. The number of fused-ring (bicyclic) bond motifs is 1. The van der Waals surface area contributed by atoms with E-state index in [-0.39, 0.29) is 17.7 Å². The third-order valence-corrected chi connectivity index (χ3v) is 6.45. The fourth-order valence-corrected chi connectivity index (χ4v) is 4.41. The van der Waals surface area contributed by atoms with E-state index in [9.17, 15) is 9.59 Å². The van der Waals surface area contributed by atoms with Crippen LogP contribution >= 0.6 is 11.6 Å². The summed E-state index contributed by atoms with van der Waals surface area (Å²) >= 11 is 6.22. The molecule has 0 atom stereocenters. The first-order valence-corrected chi connectivity index (χ1v) is 12.5. The fourth-order valence-electron chi connectivity index (χ4n) is 4.18. The molecule has 0 spiro atoms. The number of benzene rings is 2. The van der Waals surface area contributed by atoms with Gasteiger partial charge in [0.1, 0.15) is 0 Å². The second-order valence-corrected chi connectivity index (χ2v) is 9.44. The van der Waals surface area contributed by atoms with Crippen molar-refractivity contribution in [2.75, 3.05) is 24.5 Å². The molecule has 0 saturated heterocycles. The van der Waals surface area contributed by atoms with Gasteiger partial charge in [-0.3, -0.25) is 9.59 Å². The van der Waals surface area contributed by atoms with E-state index < -0.39 is 0 Å². The molecule has 0 aromatic heterocycles. The number of carbonyl (C=O) groups excluding carboxylic acids is 2. The van der Waals surface area contributed by atoms with E-state index in [1.165, 1.54) is 12.8 Å². The summed E-state index contributed by atoms with van der Waals surface area (Å²) in [5, 5.41) is 7.22. The Balaban J connectivity index is 1.77. The molecule has 178 valence electrons. The molecule has 1 aliphatic heterocycles. The molecular weight excluding hydrogens is 434 g/mol. The van der Waals surface area contributed by atoms with Crippen molar-refractivity contribution in [3.05, 3.63) is 64.2 Å². The summed E-state index contributed by atoms with van der Waals surface area (Å²) in [5.41, 5.74) is 3.53. The van der Waals surface area contributed by atoms with Gasteiger partial charge in [-0.15, -0.1) is 0 Å². The molecule has 2 amide bonds. The Bertz CT molecular complexity index is 945. The van der Waals surface area contributed by atoms with E-state index in [4.69, 9.17) is 11.6 Å². The molecule has 2 N–H and O–H groups in total. The van der Waals surface area contributed by atoms with E-state index in [2.05, 4.69) is 10.6 Å². The molecule has 0 aliphatic carbocycles. The first kappa shape index (κ1) is 25.3. The van der Waals surface area contributed by atoms with Gasteiger partial charge in [0.15, 0.2) is 0 Å². The lowest BCUT2D eigenvalue weighted by Crippen LogP contribution is -2.36. The van der Waals surface area contributed by atoms with E-state index in [1.807, 2.05) is 61.2 Å². The molecule has 1 heterocycles. The number of nitrogens with one attached hydrogen (secondary N) is 2. The Hall–Kier alpha value is -2.37. The predicted molar refractivity (Wildman–Crippen MR) is 136 cm³/mol. The van der Waals surface area contributed by atoms with Crippen LogP contribution in [0.4, 0.5) is 5.69 Å². The third-order valence-electron chi connectivity index (χ3n) is 6.08. The number of nitrogens with zero attached hydrogens (tertiary/aromatic N) is 1. The lowest BCUT2D eigenvalue weighted by Gasteiger charge is -2.28. The molecule has 2 aromatic rings. The zero-order chi connectivity index (χ0) is 23.6. The highest BCUT2D eigenvalue weighted by Crippen LogP contribution is 2.25. The number of anilines is 1. The molecule has 0 saturated carbocycles. The summed E-state index contributed by atoms with van der Waals surface area (Å²) in [6.45, 7) is 6.68. The van der Waals surface area contributed by atoms with Crippen LogP contribution in [-0.4, -0.2) is 31.4 Å². The van der Waals surface area contributed by atoms with Crippen molar-refractivity contribution in [2.24, 2.45) is 5.92 Å². The molecule has 0 unspecified atom stereocenters. The van der Waals surface area contributed by atoms with E-state index in [0.717, 1.165) is 42.6 Å². The molecule has 6 heteroatoms. The van der Waals surface area contributed by atoms with Gasteiger partial charge in [-0.05, 0) is 61.2 Å². The van der Waals surface area contributed by atoms with Crippen molar-refractivity contribution in [2.45, 2.75) is 58.9 Å². The van der Waals surface area contributed by atoms with Crippen LogP contribution < -0.4 is 15.5 Å². The molecule has 0 radical (unpaired) electrons. The summed E-state index contributed by atoms with van der Waals surface area (Å²) in [6, 6.07) is 13.4. The number of hydrogen-bond acceptors (Lipinski definition) is 3. The van der Waals surface area contributed by atoms with Crippen molar-refractivity contribution in [1.29, 1.82) is 0 Å². The molecular formula is C27H36ClN3O2. The van der Waals surface area contributed by atoms with Gasteiger partial charge in [0.05, 0.1) is 0 Å². The van der Waals surface area contributed by atoms with Crippen LogP contribution in [0.3, 0.4) is 0 Å². The van der Waals surface area contributed by atoms with E-state index >= 15 is 0 Å². The van der Waals surface area contributed by atoms with Crippen LogP contribution in [-0.2, 0) is 17.8 Å². The molecule has 1 aliphatic rings. The predicted octanol–water partition coefficient (Wildman–Crippen LogP) is 5.36. The highest BCUT2D eigenvalue weighted by Gasteiger charge is 2.22. The standard InChI is InChI=1S/C27H36ClN3O2/c1-20(2)27(33)31-17-9-5-3-4-8-15-29-19-23-18-22(12-13-25(23)31)26(32)30-16-14-21-10-6-7-11-24(21)28/h6-7,10-13,18,20,29H,3-5,8-9,14-17,19H2,1-2H3,(H,30,32). The number of carbonyl (C=O) groups is 2. The van der Waals surface area contributed by atoms with Gasteiger partial charge in [0.2, 0.25) is 5.91 Å². The topological polar surface area (TPSA) is 61.4 Å². The van der Waals surface area contributed by atoms with Gasteiger partial charge < -0.3 is 15.5 Å². The highest BCUT2D eigenvalue weighted by molar-refractivity contribution is 6.31. The lowest BCUT2D eigenvalue weighted by atomic mass is 10.0. The van der Waals surface area contributed by atoms with Gasteiger partial charge in [-0.25, -0.2) is 0 Å². The summed E-state index contributed by atoms with van der Waals surface area (Å²) in [5.74, 6) is -0.0607. The zero-order valence-electron chi connectivity index (χ0n) is 19.8. The summed E-state index contributed by atoms with van der Waals surface area (Å²) in [4.78, 5) is 27.8. The van der Waals surface area contributed by atoms with Crippen molar-refractivity contribution >= 4 is 29.1 Å². The SMILES string of the molecule is CC(C)C(=O)N1CCCCCCCNCc2cc(C(=O)NCCc3ccccc3Cl)ccc21. The Morgan fingerprint density at radius 1 is 1.06 bits per heavy atom. The number of hydrogen-bond donors (Lipinski definition) is 2. The number of halogens is 1. The van der Waals surface area contributed by atoms with Crippen LogP contribution in [0, 0.1) is 5.92 Å². The minimum absolute atomic E-state index is 0.0773. The van der Waals surface area contributed by atoms with Gasteiger partial charge in [-0.1, -0.05) is 62.9 Å². The van der Waals surface area contributed by atoms with Crippen LogP contribution in [0.2, 0.25) is 5.02 Å². The largest absolute Gasteiger partial charge is 0.352 e. The molecule has 33 heavy (non-hydrogen) atoms. The minimum Gasteiger partial charge on any atom is -0.352 e. The first-order valence-electron chi connectivity index (χ1n) is 12.1. The van der Waals surface area contributed by atoms with Crippen molar-refractivity contribution in [3.8, 4) is 0 Å². The van der Waals surface area contributed by atoms with Crippen molar-refractivity contribution in [1.82, 2.24) is 10.6 Å². The summed E-state index contributed by atoms with van der Waals surface area (Å²) in [7, 11) is 0. The number of amides is 2. The molecule has 0 fully saturated rings. The van der Waals surface area contributed by atoms with Crippen LogP contribution in [0.5, 0.6) is 0 Å². The van der Waals surface area contributed by atoms with Crippen LogP contribution in [0.1, 0.15) is 67.4 Å². The molecule has 0 bridgehead atoms. The Morgan fingerprint density at radius 3 is 2.61 bits per heavy atom. The fraction of sp³-hybridized carbons (Fsp3) is 0.481. The minimum atomic E-state index is -0.113.